The van der Waals surface area contributed by atoms with Crippen LogP contribution in [0.15, 0.2) is 42.5 Å². The maximum atomic E-state index is 12.0. The second-order valence-corrected chi connectivity index (χ2v) is 6.58. The molecule has 0 aliphatic heterocycles. The third-order valence-electron chi connectivity index (χ3n) is 4.01. The molecule has 0 saturated carbocycles. The van der Waals surface area contributed by atoms with E-state index in [1.165, 1.54) is 5.56 Å². The van der Waals surface area contributed by atoms with Crippen molar-refractivity contribution in [2.45, 2.75) is 26.7 Å². The highest BCUT2D eigenvalue weighted by atomic mass is 16.5. The van der Waals surface area contributed by atoms with Crippen LogP contribution in [0.3, 0.4) is 0 Å². The SMILES string of the molecule is Cc1ccc(OCCC(=O)Nc2ccc(CC(=O)N(C)C)cc2)c(C)c1. The average molecular weight is 354 g/mol. The Balaban J connectivity index is 1.79. The van der Waals surface area contributed by atoms with Gasteiger partial charge in [-0.15, -0.1) is 0 Å². The Morgan fingerprint density at radius 3 is 2.35 bits per heavy atom. The minimum atomic E-state index is -0.105. The number of hydrogen-bond acceptors (Lipinski definition) is 3. The van der Waals surface area contributed by atoms with Crippen LogP contribution >= 0.6 is 0 Å². The van der Waals surface area contributed by atoms with Crippen LogP contribution in [0.2, 0.25) is 0 Å². The van der Waals surface area contributed by atoms with E-state index < -0.39 is 0 Å². The van der Waals surface area contributed by atoms with Gasteiger partial charge in [0.15, 0.2) is 0 Å². The highest BCUT2D eigenvalue weighted by molar-refractivity contribution is 5.90. The fraction of sp³-hybridized carbons (Fsp3) is 0.333. The zero-order valence-electron chi connectivity index (χ0n) is 15.8. The highest BCUT2D eigenvalue weighted by Gasteiger charge is 2.07. The number of nitrogens with zero attached hydrogens (tertiary/aromatic N) is 1. The van der Waals surface area contributed by atoms with Gasteiger partial charge in [0.2, 0.25) is 11.8 Å². The maximum Gasteiger partial charge on any atom is 0.227 e. The molecule has 0 aliphatic rings. The predicted molar refractivity (Wildman–Crippen MR) is 103 cm³/mol. The Morgan fingerprint density at radius 1 is 1.04 bits per heavy atom. The van der Waals surface area contributed by atoms with Gasteiger partial charge < -0.3 is 15.0 Å². The van der Waals surface area contributed by atoms with Crippen LogP contribution < -0.4 is 10.1 Å². The number of amides is 2. The van der Waals surface area contributed by atoms with Gasteiger partial charge >= 0.3 is 0 Å². The van der Waals surface area contributed by atoms with Crippen molar-refractivity contribution in [2.24, 2.45) is 0 Å². The maximum absolute atomic E-state index is 12.0. The zero-order valence-corrected chi connectivity index (χ0v) is 15.8. The number of nitrogens with one attached hydrogen (secondary N) is 1. The first kappa shape index (κ1) is 19.5. The van der Waals surface area contributed by atoms with E-state index >= 15 is 0 Å². The molecule has 26 heavy (non-hydrogen) atoms. The first-order valence-corrected chi connectivity index (χ1v) is 8.64. The first-order valence-electron chi connectivity index (χ1n) is 8.64. The van der Waals surface area contributed by atoms with Gasteiger partial charge in [-0.1, -0.05) is 29.8 Å². The molecule has 2 aromatic rings. The number of rotatable bonds is 7. The number of likely N-dealkylation sites (N-methyl/N-ethyl adjacent to an activating group) is 1. The zero-order chi connectivity index (χ0) is 19.1. The highest BCUT2D eigenvalue weighted by Crippen LogP contribution is 2.19. The summed E-state index contributed by atoms with van der Waals surface area (Å²) in [7, 11) is 3.47. The first-order chi connectivity index (χ1) is 12.3. The van der Waals surface area contributed by atoms with Crippen molar-refractivity contribution in [1.82, 2.24) is 4.90 Å². The Kier molecular flexibility index (Phi) is 6.78. The lowest BCUT2D eigenvalue weighted by atomic mass is 10.1. The van der Waals surface area contributed by atoms with E-state index in [4.69, 9.17) is 4.74 Å². The standard InChI is InChI=1S/C21H26N2O3/c1-15-5-10-19(16(2)13-15)26-12-11-20(24)22-18-8-6-17(7-9-18)14-21(25)23(3)4/h5-10,13H,11-12,14H2,1-4H3,(H,22,24). The average Bonchev–Trinajstić information content (AvgIpc) is 2.58. The molecule has 0 saturated heterocycles. The number of benzene rings is 2. The van der Waals surface area contributed by atoms with Crippen molar-refractivity contribution in [2.75, 3.05) is 26.0 Å². The predicted octanol–water partition coefficient (Wildman–Crippen LogP) is 3.34. The van der Waals surface area contributed by atoms with E-state index in [9.17, 15) is 9.59 Å². The van der Waals surface area contributed by atoms with Gasteiger partial charge in [0.1, 0.15) is 5.75 Å². The van der Waals surface area contributed by atoms with Crippen LogP contribution in [-0.2, 0) is 16.0 Å². The summed E-state index contributed by atoms with van der Waals surface area (Å²) in [5, 5.41) is 2.84. The molecule has 0 aliphatic carbocycles. The number of hydrogen-bond donors (Lipinski definition) is 1. The fourth-order valence-corrected chi connectivity index (χ4v) is 2.48. The summed E-state index contributed by atoms with van der Waals surface area (Å²) in [5.74, 6) is 0.746. The van der Waals surface area contributed by atoms with E-state index in [1.54, 1.807) is 31.1 Å². The van der Waals surface area contributed by atoms with E-state index in [1.807, 2.05) is 38.1 Å². The Bertz CT molecular complexity index is 767. The Morgan fingerprint density at radius 2 is 1.73 bits per heavy atom. The van der Waals surface area contributed by atoms with Crippen molar-refractivity contribution >= 4 is 17.5 Å². The van der Waals surface area contributed by atoms with Crippen LogP contribution in [-0.4, -0.2) is 37.4 Å². The summed E-state index contributed by atoms with van der Waals surface area (Å²) in [5.41, 5.74) is 3.87. The molecule has 0 unspecified atom stereocenters. The number of carbonyl (C=O) groups is 2. The summed E-state index contributed by atoms with van der Waals surface area (Å²) in [6.07, 6.45) is 0.624. The monoisotopic (exact) mass is 354 g/mol. The molecule has 2 rings (SSSR count). The summed E-state index contributed by atoms with van der Waals surface area (Å²) in [6, 6.07) is 13.3. The van der Waals surface area contributed by atoms with Crippen LogP contribution in [0.25, 0.3) is 0 Å². The third-order valence-corrected chi connectivity index (χ3v) is 4.01. The van der Waals surface area contributed by atoms with Crippen LogP contribution in [0.1, 0.15) is 23.1 Å². The summed E-state index contributed by atoms with van der Waals surface area (Å²) in [4.78, 5) is 25.3. The van der Waals surface area contributed by atoms with Gasteiger partial charge in [-0.2, -0.15) is 0 Å². The minimum Gasteiger partial charge on any atom is -0.493 e. The van der Waals surface area contributed by atoms with E-state index in [-0.39, 0.29) is 18.2 Å². The van der Waals surface area contributed by atoms with E-state index in [2.05, 4.69) is 11.4 Å². The molecule has 0 fully saturated rings. The van der Waals surface area contributed by atoms with Crippen LogP contribution in [0, 0.1) is 13.8 Å². The lowest BCUT2D eigenvalue weighted by Gasteiger charge is -2.11. The number of anilines is 1. The van der Waals surface area contributed by atoms with Crippen molar-refractivity contribution in [3.05, 3.63) is 59.2 Å². The largest absolute Gasteiger partial charge is 0.493 e. The molecule has 5 nitrogen and oxygen atoms in total. The van der Waals surface area contributed by atoms with Crippen molar-refractivity contribution in [3.63, 3.8) is 0 Å². The van der Waals surface area contributed by atoms with Gasteiger partial charge in [-0.05, 0) is 43.2 Å². The smallest absolute Gasteiger partial charge is 0.227 e. The molecule has 5 heteroatoms. The second-order valence-electron chi connectivity index (χ2n) is 6.58. The van der Waals surface area contributed by atoms with Crippen LogP contribution in [0.5, 0.6) is 5.75 Å². The van der Waals surface area contributed by atoms with Crippen molar-refractivity contribution in [3.8, 4) is 5.75 Å². The molecule has 2 aromatic carbocycles. The molecule has 2 amide bonds. The topological polar surface area (TPSA) is 58.6 Å². The molecular formula is C21H26N2O3. The Labute approximate surface area is 155 Å². The normalized spacial score (nSPS) is 10.3. The quantitative estimate of drug-likeness (QED) is 0.830. The fourth-order valence-electron chi connectivity index (χ4n) is 2.48. The second kappa shape index (κ2) is 9.04. The van der Waals surface area contributed by atoms with E-state index in [0.717, 1.165) is 16.9 Å². The summed E-state index contributed by atoms with van der Waals surface area (Å²) < 4.78 is 5.68. The number of ether oxygens (including phenoxy) is 1. The van der Waals surface area contributed by atoms with Crippen molar-refractivity contribution in [1.29, 1.82) is 0 Å². The summed E-state index contributed by atoms with van der Waals surface area (Å²) in [6.45, 7) is 4.35. The van der Waals surface area contributed by atoms with Crippen LogP contribution in [0.4, 0.5) is 5.69 Å². The molecule has 0 atom stereocenters. The molecule has 0 heterocycles. The van der Waals surface area contributed by atoms with E-state index in [0.29, 0.717) is 18.7 Å². The molecule has 1 N–H and O–H groups in total. The molecule has 0 bridgehead atoms. The van der Waals surface area contributed by atoms with Gasteiger partial charge in [-0.3, -0.25) is 9.59 Å². The summed E-state index contributed by atoms with van der Waals surface area (Å²) >= 11 is 0. The third kappa shape index (κ3) is 5.92. The molecule has 0 spiro atoms. The molecule has 138 valence electrons. The molecular weight excluding hydrogens is 328 g/mol. The van der Waals surface area contributed by atoms with Gasteiger partial charge in [0.05, 0.1) is 19.4 Å². The minimum absolute atomic E-state index is 0.0466. The lowest BCUT2D eigenvalue weighted by Crippen LogP contribution is -2.23. The van der Waals surface area contributed by atoms with Gasteiger partial charge in [0, 0.05) is 19.8 Å². The molecule has 0 aromatic heterocycles. The van der Waals surface area contributed by atoms with Gasteiger partial charge in [-0.25, -0.2) is 0 Å². The molecule has 0 radical (unpaired) electrons. The number of carbonyl (C=O) groups excluding carboxylic acids is 2. The Hall–Kier alpha value is -2.82. The van der Waals surface area contributed by atoms with Gasteiger partial charge in [0.25, 0.3) is 0 Å². The van der Waals surface area contributed by atoms with Crippen molar-refractivity contribution < 1.29 is 14.3 Å². The lowest BCUT2D eigenvalue weighted by molar-refractivity contribution is -0.128. The number of aryl methyl sites for hydroxylation is 2.